The zero-order valence-corrected chi connectivity index (χ0v) is 17.3. The molecule has 0 atom stereocenters. The highest BCUT2D eigenvalue weighted by Gasteiger charge is 2.19. The quantitative estimate of drug-likeness (QED) is 0.506. The first-order valence-electron chi connectivity index (χ1n) is 9.23. The summed E-state index contributed by atoms with van der Waals surface area (Å²) in [5, 5.41) is 8.46. The molecule has 0 aliphatic heterocycles. The van der Waals surface area contributed by atoms with E-state index in [2.05, 4.69) is 20.4 Å². The third-order valence-corrected chi connectivity index (χ3v) is 5.45. The lowest BCUT2D eigenvalue weighted by molar-refractivity contribution is 0.102. The summed E-state index contributed by atoms with van der Waals surface area (Å²) in [6.45, 7) is 7.82. The number of fused-ring (bicyclic) bond motifs is 1. The van der Waals surface area contributed by atoms with Crippen molar-refractivity contribution in [3.05, 3.63) is 58.5 Å². The van der Waals surface area contributed by atoms with Crippen LogP contribution in [0, 0.1) is 19.7 Å². The van der Waals surface area contributed by atoms with Crippen LogP contribution >= 0.6 is 11.3 Å². The predicted molar refractivity (Wildman–Crippen MR) is 113 cm³/mol. The van der Waals surface area contributed by atoms with E-state index in [1.54, 1.807) is 29.1 Å². The minimum absolute atomic E-state index is 0.137. The number of halogens is 1. The molecule has 0 aliphatic carbocycles. The molecule has 0 spiro atoms. The standard InChI is InChI=1S/C21H20FN5OS/c1-11(2)27-19-17(10-23-27)16(9-12(3)24-19)20(28)26-21-25-18(13(4)29-21)14-5-7-15(22)8-6-14/h5-11H,1-4H3,(H,25,26,28). The van der Waals surface area contributed by atoms with Crippen LogP contribution in [0.2, 0.25) is 0 Å². The van der Waals surface area contributed by atoms with Gasteiger partial charge in [0.25, 0.3) is 5.91 Å². The first kappa shape index (κ1) is 19.2. The maximum Gasteiger partial charge on any atom is 0.258 e. The Bertz CT molecular complexity index is 1210. The summed E-state index contributed by atoms with van der Waals surface area (Å²) >= 11 is 1.38. The highest BCUT2D eigenvalue weighted by Crippen LogP contribution is 2.31. The Morgan fingerprint density at radius 3 is 2.59 bits per heavy atom. The second-order valence-corrected chi connectivity index (χ2v) is 8.32. The number of pyridine rings is 1. The van der Waals surface area contributed by atoms with Crippen LogP contribution in [0.25, 0.3) is 22.3 Å². The number of thiazole rings is 1. The SMILES string of the molecule is Cc1cc(C(=O)Nc2nc(-c3ccc(F)cc3)c(C)s2)c2cnn(C(C)C)c2n1. The first-order chi connectivity index (χ1) is 13.8. The van der Waals surface area contributed by atoms with E-state index in [1.807, 2.05) is 27.7 Å². The van der Waals surface area contributed by atoms with Gasteiger partial charge < -0.3 is 0 Å². The Hall–Kier alpha value is -3.13. The summed E-state index contributed by atoms with van der Waals surface area (Å²) in [6.07, 6.45) is 1.67. The second kappa shape index (κ2) is 7.36. The summed E-state index contributed by atoms with van der Waals surface area (Å²) in [4.78, 5) is 23.0. The molecule has 1 amide bonds. The van der Waals surface area contributed by atoms with E-state index in [1.165, 1.54) is 23.5 Å². The summed E-state index contributed by atoms with van der Waals surface area (Å²) in [5.41, 5.74) is 3.48. The van der Waals surface area contributed by atoms with Gasteiger partial charge in [0, 0.05) is 22.2 Å². The minimum Gasteiger partial charge on any atom is -0.298 e. The third-order valence-electron chi connectivity index (χ3n) is 4.56. The highest BCUT2D eigenvalue weighted by molar-refractivity contribution is 7.16. The molecule has 1 N–H and O–H groups in total. The van der Waals surface area contributed by atoms with Crippen LogP contribution in [0.3, 0.4) is 0 Å². The third kappa shape index (κ3) is 3.63. The molecule has 0 fully saturated rings. The van der Waals surface area contributed by atoms with Crippen LogP contribution in [-0.4, -0.2) is 25.7 Å². The molecule has 0 radical (unpaired) electrons. The lowest BCUT2D eigenvalue weighted by Crippen LogP contribution is -2.13. The largest absolute Gasteiger partial charge is 0.298 e. The van der Waals surface area contributed by atoms with Gasteiger partial charge >= 0.3 is 0 Å². The lowest BCUT2D eigenvalue weighted by Gasteiger charge is -2.08. The number of rotatable bonds is 4. The van der Waals surface area contributed by atoms with Crippen molar-refractivity contribution >= 4 is 33.4 Å². The van der Waals surface area contributed by atoms with Crippen LogP contribution in [0.4, 0.5) is 9.52 Å². The molecule has 0 aliphatic rings. The zero-order valence-electron chi connectivity index (χ0n) is 16.5. The van der Waals surface area contributed by atoms with E-state index in [9.17, 15) is 9.18 Å². The molecule has 0 saturated heterocycles. The number of nitrogens with zero attached hydrogens (tertiary/aromatic N) is 4. The highest BCUT2D eigenvalue weighted by atomic mass is 32.1. The molecule has 3 heterocycles. The molecular formula is C21H20FN5OS. The van der Waals surface area contributed by atoms with Gasteiger partial charge in [-0.2, -0.15) is 5.10 Å². The van der Waals surface area contributed by atoms with Crippen molar-refractivity contribution < 1.29 is 9.18 Å². The number of amides is 1. The average Bonchev–Trinajstić information content (AvgIpc) is 3.25. The fraction of sp³-hybridized carbons (Fsp3) is 0.238. The number of aryl methyl sites for hydroxylation is 2. The van der Waals surface area contributed by atoms with E-state index in [0.717, 1.165) is 21.8 Å². The van der Waals surface area contributed by atoms with E-state index in [-0.39, 0.29) is 17.8 Å². The van der Waals surface area contributed by atoms with Crippen molar-refractivity contribution in [2.24, 2.45) is 0 Å². The van der Waals surface area contributed by atoms with Crippen LogP contribution in [0.1, 0.15) is 40.8 Å². The van der Waals surface area contributed by atoms with Gasteiger partial charge in [-0.3, -0.25) is 10.1 Å². The van der Waals surface area contributed by atoms with Crippen molar-refractivity contribution in [3.8, 4) is 11.3 Å². The second-order valence-electron chi connectivity index (χ2n) is 7.12. The summed E-state index contributed by atoms with van der Waals surface area (Å²) in [5.74, 6) is -0.558. The van der Waals surface area contributed by atoms with Crippen molar-refractivity contribution in [1.82, 2.24) is 19.7 Å². The monoisotopic (exact) mass is 409 g/mol. The van der Waals surface area contributed by atoms with Gasteiger partial charge in [-0.25, -0.2) is 19.0 Å². The zero-order chi connectivity index (χ0) is 20.7. The van der Waals surface area contributed by atoms with E-state index < -0.39 is 0 Å². The van der Waals surface area contributed by atoms with Crippen molar-refractivity contribution in [1.29, 1.82) is 0 Å². The number of carbonyl (C=O) groups is 1. The normalized spacial score (nSPS) is 11.4. The lowest BCUT2D eigenvalue weighted by atomic mass is 10.1. The van der Waals surface area contributed by atoms with Crippen LogP contribution < -0.4 is 5.32 Å². The van der Waals surface area contributed by atoms with Gasteiger partial charge in [-0.15, -0.1) is 11.3 Å². The molecule has 0 saturated carbocycles. The number of benzene rings is 1. The molecule has 29 heavy (non-hydrogen) atoms. The number of anilines is 1. The molecule has 0 unspecified atom stereocenters. The van der Waals surface area contributed by atoms with Gasteiger partial charge in [0.05, 0.1) is 22.8 Å². The summed E-state index contributed by atoms with van der Waals surface area (Å²) in [6, 6.07) is 8.05. The Labute approximate surface area is 171 Å². The molecule has 0 bridgehead atoms. The van der Waals surface area contributed by atoms with Gasteiger partial charge in [-0.05, 0) is 58.0 Å². The molecule has 8 heteroatoms. The molecule has 4 aromatic rings. The van der Waals surface area contributed by atoms with E-state index >= 15 is 0 Å². The predicted octanol–water partition coefficient (Wildman–Crippen LogP) is 5.14. The van der Waals surface area contributed by atoms with Crippen LogP contribution in [-0.2, 0) is 0 Å². The number of aromatic nitrogens is 4. The van der Waals surface area contributed by atoms with Gasteiger partial charge in [0.15, 0.2) is 10.8 Å². The van der Waals surface area contributed by atoms with Crippen LogP contribution in [0.5, 0.6) is 0 Å². The first-order valence-corrected chi connectivity index (χ1v) is 10.0. The number of hydrogen-bond donors (Lipinski definition) is 1. The molecule has 1 aromatic carbocycles. The number of hydrogen-bond acceptors (Lipinski definition) is 5. The maximum atomic E-state index is 13.2. The Kier molecular flexibility index (Phi) is 4.87. The summed E-state index contributed by atoms with van der Waals surface area (Å²) < 4.78 is 15.0. The van der Waals surface area contributed by atoms with Crippen molar-refractivity contribution in [2.75, 3.05) is 5.32 Å². The van der Waals surface area contributed by atoms with Crippen molar-refractivity contribution in [2.45, 2.75) is 33.7 Å². The summed E-state index contributed by atoms with van der Waals surface area (Å²) in [7, 11) is 0. The molecule has 3 aromatic heterocycles. The Balaban J connectivity index is 1.67. The Morgan fingerprint density at radius 2 is 1.90 bits per heavy atom. The minimum atomic E-state index is -0.297. The smallest absolute Gasteiger partial charge is 0.258 e. The average molecular weight is 409 g/mol. The van der Waals surface area contributed by atoms with Gasteiger partial charge in [0.1, 0.15) is 5.82 Å². The van der Waals surface area contributed by atoms with E-state index in [4.69, 9.17) is 0 Å². The molecule has 4 rings (SSSR count). The maximum absolute atomic E-state index is 13.2. The number of carbonyl (C=O) groups excluding carboxylic acids is 1. The van der Waals surface area contributed by atoms with Gasteiger partial charge in [0.2, 0.25) is 0 Å². The topological polar surface area (TPSA) is 72.7 Å². The molecule has 6 nitrogen and oxygen atoms in total. The Morgan fingerprint density at radius 1 is 1.17 bits per heavy atom. The molecule has 148 valence electrons. The van der Waals surface area contributed by atoms with Crippen molar-refractivity contribution in [3.63, 3.8) is 0 Å². The van der Waals surface area contributed by atoms with Crippen LogP contribution in [0.15, 0.2) is 36.5 Å². The number of nitrogens with one attached hydrogen (secondary N) is 1. The van der Waals surface area contributed by atoms with E-state index in [0.29, 0.717) is 21.7 Å². The fourth-order valence-corrected chi connectivity index (χ4v) is 4.03. The molecular weight excluding hydrogens is 389 g/mol. The fourth-order valence-electron chi connectivity index (χ4n) is 3.20. The van der Waals surface area contributed by atoms with Gasteiger partial charge in [-0.1, -0.05) is 0 Å².